The average Bonchev–Trinajstić information content (AvgIpc) is 3.17. The van der Waals surface area contributed by atoms with Gasteiger partial charge in [0.15, 0.2) is 0 Å². The van der Waals surface area contributed by atoms with Crippen LogP contribution in [0.15, 0.2) is 66.7 Å². The minimum atomic E-state index is -0.724. The molecule has 0 saturated carbocycles. The summed E-state index contributed by atoms with van der Waals surface area (Å²) in [5, 5.41) is 2.09. The second kappa shape index (κ2) is 11.1. The number of nitrogens with one attached hydrogen (secondary N) is 1. The zero-order valence-corrected chi connectivity index (χ0v) is 20.0. The van der Waals surface area contributed by atoms with Gasteiger partial charge in [-0.15, -0.1) is 0 Å². The minimum absolute atomic E-state index is 0.242. The number of ether oxygens (including phenoxy) is 3. The van der Waals surface area contributed by atoms with Crippen LogP contribution in [0.3, 0.4) is 0 Å². The van der Waals surface area contributed by atoms with Gasteiger partial charge in [0.05, 0.1) is 6.61 Å². The molecule has 1 atom stereocenters. The lowest BCUT2D eigenvalue weighted by Crippen LogP contribution is -2.20. The maximum atomic E-state index is 12.2. The number of carbonyl (C=O) groups excluding carboxylic acids is 2. The summed E-state index contributed by atoms with van der Waals surface area (Å²) in [6.07, 6.45) is 2.79. The van der Waals surface area contributed by atoms with Crippen molar-refractivity contribution in [3.8, 4) is 28.7 Å². The van der Waals surface area contributed by atoms with E-state index in [0.717, 1.165) is 30.6 Å². The third-order valence-corrected chi connectivity index (χ3v) is 5.95. The molecule has 0 spiro atoms. The second-order valence-corrected chi connectivity index (χ2v) is 8.85. The summed E-state index contributed by atoms with van der Waals surface area (Å²) in [7, 11) is 0. The lowest BCUT2D eigenvalue weighted by molar-refractivity contribution is -0.112. The standard InChI is InChI=1S/C27H27NO5S/c1-3-8-18-9-5-6-12-23(18)33-20-11-7-10-19(16-20)32-21-13-14-22(24(17-21)31-15-4-2)25-26(29)34-27(30)28-25/h5-7,9-14,16-17,25H,3-4,8,15H2,1-2H3,(H,28,30). The Morgan fingerprint density at radius 1 is 0.824 bits per heavy atom. The highest BCUT2D eigenvalue weighted by atomic mass is 32.2. The van der Waals surface area contributed by atoms with Gasteiger partial charge in [-0.3, -0.25) is 9.59 Å². The van der Waals surface area contributed by atoms with Crippen LogP contribution >= 0.6 is 11.8 Å². The van der Waals surface area contributed by atoms with Crippen molar-refractivity contribution in [1.82, 2.24) is 5.32 Å². The lowest BCUT2D eigenvalue weighted by atomic mass is 10.1. The number of benzene rings is 3. The maximum absolute atomic E-state index is 12.2. The Kier molecular flexibility index (Phi) is 7.75. The molecular weight excluding hydrogens is 450 g/mol. The average molecular weight is 478 g/mol. The fourth-order valence-electron chi connectivity index (χ4n) is 3.66. The topological polar surface area (TPSA) is 73.9 Å². The first-order chi connectivity index (χ1) is 16.6. The van der Waals surface area contributed by atoms with E-state index in [9.17, 15) is 9.59 Å². The van der Waals surface area contributed by atoms with Gasteiger partial charge in [0.25, 0.3) is 5.24 Å². The summed E-state index contributed by atoms with van der Waals surface area (Å²) in [5.74, 6) is 3.20. The molecule has 1 saturated heterocycles. The number of thioether (sulfide) groups is 1. The molecule has 6 nitrogen and oxygen atoms in total. The summed E-state index contributed by atoms with van der Waals surface area (Å²) in [4.78, 5) is 23.9. The summed E-state index contributed by atoms with van der Waals surface area (Å²) in [6.45, 7) is 4.63. The SMILES string of the molecule is CCCOc1cc(Oc2cccc(Oc3ccccc3CCC)c2)ccc1C1NC(=O)SC1=O. The van der Waals surface area contributed by atoms with Crippen LogP contribution in [0.2, 0.25) is 0 Å². The Morgan fingerprint density at radius 2 is 1.59 bits per heavy atom. The monoisotopic (exact) mass is 477 g/mol. The van der Waals surface area contributed by atoms with E-state index in [1.165, 1.54) is 0 Å². The fraction of sp³-hybridized carbons (Fsp3) is 0.259. The second-order valence-electron chi connectivity index (χ2n) is 7.87. The normalized spacial score (nSPS) is 15.2. The summed E-state index contributed by atoms with van der Waals surface area (Å²) < 4.78 is 18.1. The highest BCUT2D eigenvalue weighted by Gasteiger charge is 2.34. The molecule has 3 aromatic rings. The number of rotatable bonds is 10. The van der Waals surface area contributed by atoms with Crippen LogP contribution in [0.25, 0.3) is 0 Å². The molecule has 0 aromatic heterocycles. The van der Waals surface area contributed by atoms with E-state index in [1.54, 1.807) is 18.2 Å². The molecule has 0 bridgehead atoms. The van der Waals surface area contributed by atoms with E-state index in [-0.39, 0.29) is 10.4 Å². The van der Waals surface area contributed by atoms with E-state index in [4.69, 9.17) is 14.2 Å². The highest BCUT2D eigenvalue weighted by molar-refractivity contribution is 8.26. The number of hydrogen-bond acceptors (Lipinski definition) is 6. The number of amides is 1. The van der Waals surface area contributed by atoms with Gasteiger partial charge in [-0.25, -0.2) is 0 Å². The zero-order chi connectivity index (χ0) is 23.9. The molecule has 1 aliphatic heterocycles. The van der Waals surface area contributed by atoms with Crippen molar-refractivity contribution in [2.45, 2.75) is 39.2 Å². The molecule has 4 rings (SSSR count). The maximum Gasteiger partial charge on any atom is 0.287 e. The molecule has 176 valence electrons. The molecule has 34 heavy (non-hydrogen) atoms. The quantitative estimate of drug-likeness (QED) is 0.338. The van der Waals surface area contributed by atoms with Gasteiger partial charge >= 0.3 is 0 Å². The largest absolute Gasteiger partial charge is 0.493 e. The van der Waals surface area contributed by atoms with Crippen molar-refractivity contribution in [3.05, 3.63) is 77.9 Å². The smallest absolute Gasteiger partial charge is 0.287 e. The van der Waals surface area contributed by atoms with Crippen LogP contribution in [0, 0.1) is 0 Å². The van der Waals surface area contributed by atoms with E-state index >= 15 is 0 Å². The van der Waals surface area contributed by atoms with E-state index in [1.807, 2.05) is 49.4 Å². The Labute approximate surface area is 203 Å². The van der Waals surface area contributed by atoms with Crippen molar-refractivity contribution in [2.24, 2.45) is 0 Å². The Hall–Kier alpha value is -3.45. The van der Waals surface area contributed by atoms with Crippen LogP contribution in [0.5, 0.6) is 28.7 Å². The van der Waals surface area contributed by atoms with Crippen LogP contribution in [0.1, 0.15) is 43.9 Å². The fourth-order valence-corrected chi connectivity index (χ4v) is 4.32. The van der Waals surface area contributed by atoms with Crippen molar-refractivity contribution in [2.75, 3.05) is 6.61 Å². The van der Waals surface area contributed by atoms with Gasteiger partial charge < -0.3 is 19.5 Å². The first kappa shape index (κ1) is 23.7. The molecule has 1 heterocycles. The highest BCUT2D eigenvalue weighted by Crippen LogP contribution is 2.37. The molecule has 3 aromatic carbocycles. The van der Waals surface area contributed by atoms with Crippen molar-refractivity contribution in [3.63, 3.8) is 0 Å². The van der Waals surface area contributed by atoms with E-state index in [2.05, 4.69) is 18.3 Å². The first-order valence-corrected chi connectivity index (χ1v) is 12.2. The van der Waals surface area contributed by atoms with E-state index < -0.39 is 6.04 Å². The number of carbonyl (C=O) groups is 2. The predicted octanol–water partition coefficient (Wildman–Crippen LogP) is 7.04. The first-order valence-electron chi connectivity index (χ1n) is 11.4. The van der Waals surface area contributed by atoms with Crippen LogP contribution in [-0.2, 0) is 11.2 Å². The van der Waals surface area contributed by atoms with Crippen molar-refractivity contribution in [1.29, 1.82) is 0 Å². The van der Waals surface area contributed by atoms with Crippen LogP contribution in [0.4, 0.5) is 4.79 Å². The molecule has 1 aliphatic rings. The van der Waals surface area contributed by atoms with Gasteiger partial charge in [0.2, 0.25) is 5.12 Å². The van der Waals surface area contributed by atoms with Gasteiger partial charge in [-0.05, 0) is 48.7 Å². The summed E-state index contributed by atoms with van der Waals surface area (Å²) in [6, 6.07) is 20.0. The summed E-state index contributed by atoms with van der Waals surface area (Å²) >= 11 is 0.679. The Balaban J connectivity index is 1.54. The van der Waals surface area contributed by atoms with Crippen molar-refractivity contribution < 1.29 is 23.8 Å². The zero-order valence-electron chi connectivity index (χ0n) is 19.2. The lowest BCUT2D eigenvalue weighted by Gasteiger charge is -2.17. The molecule has 1 N–H and O–H groups in total. The molecule has 0 aliphatic carbocycles. The molecule has 1 unspecified atom stereocenters. The van der Waals surface area contributed by atoms with Crippen LogP contribution < -0.4 is 19.5 Å². The van der Waals surface area contributed by atoms with Gasteiger partial charge in [0.1, 0.15) is 34.8 Å². The third-order valence-electron chi connectivity index (χ3n) is 5.21. The molecule has 0 radical (unpaired) electrons. The molecule has 1 amide bonds. The predicted molar refractivity (Wildman–Crippen MR) is 133 cm³/mol. The van der Waals surface area contributed by atoms with Gasteiger partial charge in [-0.2, -0.15) is 0 Å². The molecule has 1 fully saturated rings. The Bertz CT molecular complexity index is 1180. The minimum Gasteiger partial charge on any atom is -0.493 e. The van der Waals surface area contributed by atoms with Crippen LogP contribution in [-0.4, -0.2) is 17.0 Å². The molecule has 7 heteroatoms. The van der Waals surface area contributed by atoms with Gasteiger partial charge in [-0.1, -0.05) is 44.5 Å². The van der Waals surface area contributed by atoms with Crippen molar-refractivity contribution >= 4 is 22.1 Å². The van der Waals surface area contributed by atoms with Gasteiger partial charge in [0, 0.05) is 29.5 Å². The third kappa shape index (κ3) is 5.72. The number of aryl methyl sites for hydroxylation is 1. The molecular formula is C27H27NO5S. The van der Waals surface area contributed by atoms with E-state index in [0.29, 0.717) is 46.9 Å². The Morgan fingerprint density at radius 3 is 2.32 bits per heavy atom. The number of hydrogen-bond donors (Lipinski definition) is 1. The summed E-state index contributed by atoms with van der Waals surface area (Å²) in [5.41, 5.74) is 1.78. The number of para-hydroxylation sites is 1.